The van der Waals surface area contributed by atoms with E-state index in [1.54, 1.807) is 32.9 Å². The van der Waals surface area contributed by atoms with Crippen LogP contribution in [-0.4, -0.2) is 58.6 Å². The Morgan fingerprint density at radius 3 is 1.97 bits per heavy atom. The zero-order chi connectivity index (χ0) is 24.4. The Hall–Kier alpha value is -3.14. The number of hydrogen-bond donors (Lipinski definition) is 6. The lowest BCUT2D eigenvalue weighted by Gasteiger charge is -2.28. The summed E-state index contributed by atoms with van der Waals surface area (Å²) in [6.45, 7) is 6.83. The summed E-state index contributed by atoms with van der Waals surface area (Å²) >= 11 is 0. The first kappa shape index (κ1) is 26.9. The van der Waals surface area contributed by atoms with Crippen LogP contribution in [0.2, 0.25) is 0 Å². The van der Waals surface area contributed by atoms with Gasteiger partial charge in [0.1, 0.15) is 23.9 Å². The smallest absolute Gasteiger partial charge is 0.326 e. The van der Waals surface area contributed by atoms with Crippen molar-refractivity contribution in [2.75, 3.05) is 6.54 Å². The van der Waals surface area contributed by atoms with Gasteiger partial charge in [0.15, 0.2) is 0 Å². The summed E-state index contributed by atoms with van der Waals surface area (Å²) in [6.07, 6.45) is 0.608. The van der Waals surface area contributed by atoms with Crippen molar-refractivity contribution in [2.45, 2.75) is 58.7 Å². The number of carboxylic acids is 1. The van der Waals surface area contributed by atoms with E-state index in [0.29, 0.717) is 12.0 Å². The Morgan fingerprint density at radius 2 is 1.50 bits per heavy atom. The van der Waals surface area contributed by atoms with Gasteiger partial charge < -0.3 is 31.9 Å². The molecule has 1 rings (SSSR count). The van der Waals surface area contributed by atoms with Crippen molar-refractivity contribution in [2.24, 2.45) is 17.6 Å². The van der Waals surface area contributed by atoms with Crippen LogP contribution >= 0.6 is 0 Å². The van der Waals surface area contributed by atoms with Crippen LogP contribution in [0.25, 0.3) is 0 Å². The predicted octanol–water partition coefficient (Wildman–Crippen LogP) is 0.135. The fourth-order valence-electron chi connectivity index (χ4n) is 3.04. The molecule has 0 bridgehead atoms. The number of aliphatic carboxylic acids is 1. The van der Waals surface area contributed by atoms with Gasteiger partial charge >= 0.3 is 5.97 Å². The van der Waals surface area contributed by atoms with Crippen molar-refractivity contribution in [1.82, 2.24) is 16.0 Å². The molecule has 0 aromatic heterocycles. The molecule has 0 aliphatic carbocycles. The Balaban J connectivity index is 2.96. The van der Waals surface area contributed by atoms with Crippen LogP contribution < -0.4 is 21.7 Å². The highest BCUT2D eigenvalue weighted by Gasteiger charge is 2.32. The van der Waals surface area contributed by atoms with E-state index in [0.717, 1.165) is 0 Å². The fourth-order valence-corrected chi connectivity index (χ4v) is 3.04. The maximum absolute atomic E-state index is 12.9. The second-order valence-electron chi connectivity index (χ2n) is 8.14. The maximum atomic E-state index is 12.9. The number of benzene rings is 1. The highest BCUT2D eigenvalue weighted by Crippen LogP contribution is 2.13. The third-order valence-electron chi connectivity index (χ3n) is 5.23. The molecule has 10 nitrogen and oxygen atoms in total. The summed E-state index contributed by atoms with van der Waals surface area (Å²) in [7, 11) is 0. The second kappa shape index (κ2) is 12.7. The first-order valence-electron chi connectivity index (χ1n) is 10.6. The number of hydrogen-bond acceptors (Lipinski definition) is 6. The molecule has 1 aromatic rings. The van der Waals surface area contributed by atoms with E-state index in [1.165, 1.54) is 12.1 Å². The van der Waals surface area contributed by atoms with Gasteiger partial charge in [0.25, 0.3) is 0 Å². The number of nitrogens with one attached hydrogen (secondary N) is 3. The van der Waals surface area contributed by atoms with E-state index in [9.17, 15) is 29.4 Å². The van der Waals surface area contributed by atoms with Crippen LogP contribution in [0.3, 0.4) is 0 Å². The van der Waals surface area contributed by atoms with Crippen LogP contribution in [0.15, 0.2) is 24.3 Å². The summed E-state index contributed by atoms with van der Waals surface area (Å²) in [5.41, 5.74) is 5.95. The highest BCUT2D eigenvalue weighted by molar-refractivity contribution is 5.93. The summed E-state index contributed by atoms with van der Waals surface area (Å²) in [5, 5.41) is 26.6. The molecule has 4 atom stereocenters. The van der Waals surface area contributed by atoms with Crippen molar-refractivity contribution in [3.05, 3.63) is 29.8 Å². The summed E-state index contributed by atoms with van der Waals surface area (Å²) < 4.78 is 0. The number of nitrogens with two attached hydrogens (primary N) is 1. The van der Waals surface area contributed by atoms with Crippen molar-refractivity contribution in [1.29, 1.82) is 0 Å². The van der Waals surface area contributed by atoms with Crippen LogP contribution in [-0.2, 0) is 25.6 Å². The second-order valence-corrected chi connectivity index (χ2v) is 8.14. The molecule has 0 heterocycles. The average Bonchev–Trinajstić information content (AvgIpc) is 2.75. The summed E-state index contributed by atoms with van der Waals surface area (Å²) in [5.74, 6) is -3.41. The van der Waals surface area contributed by atoms with Crippen LogP contribution in [0.4, 0.5) is 0 Å². The largest absolute Gasteiger partial charge is 0.508 e. The zero-order valence-electron chi connectivity index (χ0n) is 18.9. The minimum atomic E-state index is -1.23. The van der Waals surface area contributed by atoms with Gasteiger partial charge in [0.2, 0.25) is 17.7 Å². The van der Waals surface area contributed by atoms with Gasteiger partial charge in [-0.1, -0.05) is 46.2 Å². The third kappa shape index (κ3) is 8.18. The monoisotopic (exact) mass is 450 g/mol. The number of rotatable bonds is 12. The molecule has 178 valence electrons. The van der Waals surface area contributed by atoms with Crippen LogP contribution in [0.1, 0.15) is 39.7 Å². The van der Waals surface area contributed by atoms with E-state index in [4.69, 9.17) is 5.73 Å². The molecule has 0 saturated carbocycles. The normalized spacial score (nSPS) is 14.7. The maximum Gasteiger partial charge on any atom is 0.326 e. The lowest BCUT2D eigenvalue weighted by Crippen LogP contribution is -2.59. The zero-order valence-corrected chi connectivity index (χ0v) is 18.9. The van der Waals surface area contributed by atoms with E-state index < -0.39 is 41.8 Å². The Bertz CT molecular complexity index is 796. The summed E-state index contributed by atoms with van der Waals surface area (Å²) in [4.78, 5) is 49.2. The molecule has 0 aliphatic heterocycles. The number of amides is 3. The molecule has 32 heavy (non-hydrogen) atoms. The van der Waals surface area contributed by atoms with Crippen molar-refractivity contribution >= 4 is 23.7 Å². The third-order valence-corrected chi connectivity index (χ3v) is 5.23. The van der Waals surface area contributed by atoms with Crippen LogP contribution in [0, 0.1) is 11.8 Å². The molecule has 4 unspecified atom stereocenters. The first-order valence-corrected chi connectivity index (χ1v) is 10.6. The van der Waals surface area contributed by atoms with Gasteiger partial charge in [-0.05, 0) is 29.5 Å². The lowest BCUT2D eigenvalue weighted by atomic mass is 9.96. The number of carbonyl (C=O) groups is 4. The van der Waals surface area contributed by atoms with Gasteiger partial charge in [0, 0.05) is 6.42 Å². The highest BCUT2D eigenvalue weighted by atomic mass is 16.4. The quantitative estimate of drug-likeness (QED) is 0.263. The van der Waals surface area contributed by atoms with Gasteiger partial charge in [-0.15, -0.1) is 0 Å². The van der Waals surface area contributed by atoms with E-state index in [2.05, 4.69) is 16.0 Å². The molecule has 3 amide bonds. The van der Waals surface area contributed by atoms with Gasteiger partial charge in [0.05, 0.1) is 6.54 Å². The molecular weight excluding hydrogens is 416 g/mol. The molecule has 7 N–H and O–H groups in total. The van der Waals surface area contributed by atoms with Gasteiger partial charge in [-0.25, -0.2) is 4.79 Å². The molecule has 0 aliphatic rings. The number of aromatic hydroxyl groups is 1. The fraction of sp³-hybridized carbons (Fsp3) is 0.545. The van der Waals surface area contributed by atoms with Crippen molar-refractivity contribution in [3.8, 4) is 5.75 Å². The summed E-state index contributed by atoms with van der Waals surface area (Å²) in [6, 6.07) is 2.87. The predicted molar refractivity (Wildman–Crippen MR) is 119 cm³/mol. The topological polar surface area (TPSA) is 171 Å². The number of carboxylic acid groups (broad SMARTS) is 1. The Morgan fingerprint density at radius 1 is 0.938 bits per heavy atom. The Labute approximate surface area is 187 Å². The molecule has 0 saturated heterocycles. The van der Waals surface area contributed by atoms with Gasteiger partial charge in [-0.3, -0.25) is 14.4 Å². The van der Waals surface area contributed by atoms with E-state index >= 15 is 0 Å². The molecule has 1 aromatic carbocycles. The minimum absolute atomic E-state index is 0.00215. The number of phenols is 1. The molecule has 0 fully saturated rings. The molecular formula is C22H34N4O6. The molecule has 0 spiro atoms. The first-order chi connectivity index (χ1) is 15.0. The lowest BCUT2D eigenvalue weighted by molar-refractivity contribution is -0.142. The minimum Gasteiger partial charge on any atom is -0.508 e. The Kier molecular flexibility index (Phi) is 10.6. The van der Waals surface area contributed by atoms with Crippen molar-refractivity contribution < 1.29 is 29.4 Å². The standard InChI is InChI=1S/C22H34N4O6/c1-5-13(4)19(25-17(28)11-23)21(30)26-18(12(2)3)20(29)24-16(22(31)32)10-14-6-8-15(27)9-7-14/h6-9,12-13,16,18-19,27H,5,10-11,23H2,1-4H3,(H,24,29)(H,25,28)(H,26,30)(H,31,32). The van der Waals surface area contributed by atoms with Gasteiger partial charge in [-0.2, -0.15) is 0 Å². The van der Waals surface area contributed by atoms with E-state index in [1.807, 2.05) is 6.92 Å². The SMILES string of the molecule is CCC(C)C(NC(=O)CN)C(=O)NC(C(=O)NC(Cc1ccc(O)cc1)C(=O)O)C(C)C. The average molecular weight is 451 g/mol. The number of carbonyl (C=O) groups excluding carboxylic acids is 3. The van der Waals surface area contributed by atoms with Crippen molar-refractivity contribution in [3.63, 3.8) is 0 Å². The number of phenolic OH excluding ortho intramolecular Hbond substituents is 1. The van der Waals surface area contributed by atoms with Crippen LogP contribution in [0.5, 0.6) is 5.75 Å². The van der Waals surface area contributed by atoms with E-state index in [-0.39, 0.29) is 30.6 Å². The molecule has 10 heteroatoms. The molecule has 0 radical (unpaired) electrons.